The molecule has 2 aromatic rings. The van der Waals surface area contributed by atoms with Crippen LogP contribution >= 0.6 is 0 Å². The summed E-state index contributed by atoms with van der Waals surface area (Å²) in [6, 6.07) is 15.9. The molecule has 2 aliphatic rings. The summed E-state index contributed by atoms with van der Waals surface area (Å²) >= 11 is 0. The minimum absolute atomic E-state index is 0.296. The average molecular weight is 355 g/mol. The molecule has 4 rings (SSSR count). The molecule has 0 unspecified atom stereocenters. The summed E-state index contributed by atoms with van der Waals surface area (Å²) in [5, 5.41) is 0. The van der Waals surface area contributed by atoms with Crippen LogP contribution in [0.5, 0.6) is 5.75 Å². The molecular weight excluding hydrogens is 334 g/mol. The van der Waals surface area contributed by atoms with Crippen molar-refractivity contribution >= 4 is 6.09 Å². The maximum atomic E-state index is 11.0. The van der Waals surface area contributed by atoms with Crippen molar-refractivity contribution in [3.05, 3.63) is 54.1 Å². The summed E-state index contributed by atoms with van der Waals surface area (Å²) in [5.74, 6) is 0.723. The maximum Gasteiger partial charge on any atom is 0.405 e. The lowest BCUT2D eigenvalue weighted by atomic mass is 10.0. The Morgan fingerprint density at radius 1 is 1.08 bits per heavy atom. The van der Waals surface area contributed by atoms with E-state index in [9.17, 15) is 4.79 Å². The number of carbonyl (C=O) groups excluding carboxylic acids is 1. The largest absolute Gasteiger partial charge is 0.489 e. The van der Waals surface area contributed by atoms with Crippen LogP contribution in [-0.2, 0) is 14.2 Å². The first-order chi connectivity index (χ1) is 12.6. The highest BCUT2D eigenvalue weighted by molar-refractivity contribution is 5.66. The molecule has 1 heterocycles. The van der Waals surface area contributed by atoms with Crippen molar-refractivity contribution in [2.24, 2.45) is 5.73 Å². The van der Waals surface area contributed by atoms with Crippen LogP contribution in [0.4, 0.5) is 4.79 Å². The molecule has 0 spiro atoms. The lowest BCUT2D eigenvalue weighted by Crippen LogP contribution is -2.29. The summed E-state index contributed by atoms with van der Waals surface area (Å²) in [5.41, 5.74) is 7.65. The fraction of sp³-hybridized carbons (Fsp3) is 0.350. The Hall–Kier alpha value is -2.57. The number of rotatable bonds is 6. The van der Waals surface area contributed by atoms with Gasteiger partial charge in [0.05, 0.1) is 13.2 Å². The third kappa shape index (κ3) is 3.81. The molecule has 1 saturated heterocycles. The second-order valence-electron chi connectivity index (χ2n) is 6.62. The third-order valence-corrected chi connectivity index (χ3v) is 4.57. The molecule has 1 aliphatic heterocycles. The number of ether oxygens (including phenoxy) is 4. The lowest BCUT2D eigenvalue weighted by molar-refractivity contribution is -0.0440. The van der Waals surface area contributed by atoms with Crippen LogP contribution in [0.1, 0.15) is 24.7 Å². The van der Waals surface area contributed by atoms with E-state index < -0.39 is 11.7 Å². The highest BCUT2D eigenvalue weighted by Gasteiger charge is 2.47. The Morgan fingerprint density at radius 2 is 1.77 bits per heavy atom. The molecule has 2 fully saturated rings. The van der Waals surface area contributed by atoms with E-state index in [0.717, 1.165) is 35.3 Å². The maximum absolute atomic E-state index is 11.0. The zero-order chi connectivity index (χ0) is 18.0. The van der Waals surface area contributed by atoms with Gasteiger partial charge in [0.15, 0.2) is 6.29 Å². The van der Waals surface area contributed by atoms with Crippen molar-refractivity contribution in [3.8, 4) is 16.9 Å². The quantitative estimate of drug-likeness (QED) is 0.859. The van der Waals surface area contributed by atoms with Crippen molar-refractivity contribution < 1.29 is 23.7 Å². The van der Waals surface area contributed by atoms with Gasteiger partial charge in [-0.3, -0.25) is 0 Å². The number of benzene rings is 2. The number of hydrogen-bond acceptors (Lipinski definition) is 5. The van der Waals surface area contributed by atoms with Gasteiger partial charge in [-0.1, -0.05) is 30.3 Å². The second kappa shape index (κ2) is 6.97. The van der Waals surface area contributed by atoms with Crippen LogP contribution in [0.15, 0.2) is 48.5 Å². The van der Waals surface area contributed by atoms with E-state index in [4.69, 9.17) is 24.7 Å². The number of hydrogen-bond donors (Lipinski definition) is 1. The van der Waals surface area contributed by atoms with E-state index in [1.54, 1.807) is 0 Å². The highest BCUT2D eigenvalue weighted by atomic mass is 16.7. The first-order valence-corrected chi connectivity index (χ1v) is 8.68. The Bertz CT molecular complexity index is 796. The minimum Gasteiger partial charge on any atom is -0.489 e. The minimum atomic E-state index is -0.756. The zero-order valence-corrected chi connectivity index (χ0v) is 14.4. The first-order valence-electron chi connectivity index (χ1n) is 8.68. The van der Waals surface area contributed by atoms with Crippen LogP contribution in [-0.4, -0.2) is 31.5 Å². The molecule has 1 aliphatic carbocycles. The number of carbonyl (C=O) groups is 1. The average Bonchev–Trinajstić information content (AvgIpc) is 3.18. The molecule has 0 aromatic heterocycles. The monoisotopic (exact) mass is 355 g/mol. The molecule has 0 radical (unpaired) electrons. The van der Waals surface area contributed by atoms with Crippen LogP contribution in [0, 0.1) is 0 Å². The fourth-order valence-electron chi connectivity index (χ4n) is 3.02. The smallest absolute Gasteiger partial charge is 0.405 e. The zero-order valence-electron chi connectivity index (χ0n) is 14.4. The number of primary amides is 1. The summed E-state index contributed by atoms with van der Waals surface area (Å²) in [6.45, 7) is 1.55. The second-order valence-corrected chi connectivity index (χ2v) is 6.62. The summed E-state index contributed by atoms with van der Waals surface area (Å²) in [6.07, 6.45) is 0.501. The Balaban J connectivity index is 1.47. The molecule has 2 aromatic carbocycles. The van der Waals surface area contributed by atoms with Crippen molar-refractivity contribution in [2.75, 3.05) is 19.8 Å². The Morgan fingerprint density at radius 3 is 2.46 bits per heavy atom. The number of nitrogens with two attached hydrogens (primary N) is 1. The standard InChI is InChI=1S/C20H21NO5/c21-19(22)26-20(7-8-20)13-25-17-6-2-4-15(12-17)14-3-1-5-16(11-14)18-23-9-10-24-18/h1-6,11-12,18H,7-10,13H2,(H2,21,22). The number of amides is 1. The topological polar surface area (TPSA) is 80.0 Å². The van der Waals surface area contributed by atoms with Gasteiger partial charge < -0.3 is 24.7 Å². The molecular formula is C20H21NO5. The van der Waals surface area contributed by atoms with E-state index >= 15 is 0 Å². The summed E-state index contributed by atoms with van der Waals surface area (Å²) in [4.78, 5) is 11.0. The molecule has 6 heteroatoms. The van der Waals surface area contributed by atoms with Gasteiger partial charge >= 0.3 is 6.09 Å². The highest BCUT2D eigenvalue weighted by Crippen LogP contribution is 2.40. The summed E-state index contributed by atoms with van der Waals surface area (Å²) in [7, 11) is 0. The van der Waals surface area contributed by atoms with Gasteiger partial charge in [-0.05, 0) is 42.2 Å². The molecule has 2 N–H and O–H groups in total. The Kier molecular flexibility index (Phi) is 4.53. The van der Waals surface area contributed by atoms with Crippen molar-refractivity contribution in [1.82, 2.24) is 0 Å². The van der Waals surface area contributed by atoms with Gasteiger partial charge in [-0.15, -0.1) is 0 Å². The van der Waals surface area contributed by atoms with Gasteiger partial charge in [0.1, 0.15) is 18.0 Å². The predicted molar refractivity (Wildman–Crippen MR) is 94.7 cm³/mol. The van der Waals surface area contributed by atoms with Gasteiger partial charge in [0.2, 0.25) is 0 Å². The predicted octanol–water partition coefficient (Wildman–Crippen LogP) is 3.41. The summed E-state index contributed by atoms with van der Waals surface area (Å²) < 4.78 is 22.1. The van der Waals surface area contributed by atoms with Crippen LogP contribution in [0.25, 0.3) is 11.1 Å². The van der Waals surface area contributed by atoms with Crippen molar-refractivity contribution in [3.63, 3.8) is 0 Å². The van der Waals surface area contributed by atoms with Gasteiger partial charge in [-0.25, -0.2) is 4.79 Å². The van der Waals surface area contributed by atoms with Crippen molar-refractivity contribution in [1.29, 1.82) is 0 Å². The van der Waals surface area contributed by atoms with Gasteiger partial charge in [-0.2, -0.15) is 0 Å². The molecule has 26 heavy (non-hydrogen) atoms. The van der Waals surface area contributed by atoms with Crippen LogP contribution in [0.3, 0.4) is 0 Å². The van der Waals surface area contributed by atoms with E-state index in [2.05, 4.69) is 6.07 Å². The molecule has 6 nitrogen and oxygen atoms in total. The lowest BCUT2D eigenvalue weighted by Gasteiger charge is -2.16. The molecule has 0 atom stereocenters. The normalized spacial score (nSPS) is 18.5. The third-order valence-electron chi connectivity index (χ3n) is 4.57. The molecule has 1 saturated carbocycles. The molecule has 1 amide bonds. The van der Waals surface area contributed by atoms with Crippen molar-refractivity contribution in [2.45, 2.75) is 24.7 Å². The van der Waals surface area contributed by atoms with E-state index in [1.165, 1.54) is 0 Å². The fourth-order valence-corrected chi connectivity index (χ4v) is 3.02. The van der Waals surface area contributed by atoms with E-state index in [-0.39, 0.29) is 6.29 Å². The SMILES string of the molecule is NC(=O)OC1(COc2cccc(-c3cccc(C4OCCO4)c3)c2)CC1. The van der Waals surface area contributed by atoms with Gasteiger partial charge in [0, 0.05) is 5.56 Å². The van der Waals surface area contributed by atoms with Gasteiger partial charge in [0.25, 0.3) is 0 Å². The first kappa shape index (κ1) is 16.9. The van der Waals surface area contributed by atoms with Crippen LogP contribution < -0.4 is 10.5 Å². The Labute approximate surface area is 151 Å². The van der Waals surface area contributed by atoms with E-state index in [1.807, 2.05) is 42.5 Å². The molecule has 136 valence electrons. The van der Waals surface area contributed by atoms with Crippen LogP contribution in [0.2, 0.25) is 0 Å². The van der Waals surface area contributed by atoms with E-state index in [0.29, 0.717) is 19.8 Å². The molecule has 0 bridgehead atoms.